The second-order valence-corrected chi connectivity index (χ2v) is 8.10. The normalized spacial score (nSPS) is 22.0. The minimum Gasteiger partial charge on any atom is -0.484 e. The van der Waals surface area contributed by atoms with E-state index in [1.54, 1.807) is 14.1 Å². The van der Waals surface area contributed by atoms with Crippen molar-refractivity contribution in [2.24, 2.45) is 16.8 Å². The molecular weight excluding hydrogens is 352 g/mol. The van der Waals surface area contributed by atoms with Crippen molar-refractivity contribution in [3.8, 4) is 5.75 Å². The fourth-order valence-electron chi connectivity index (χ4n) is 4.18. The molecular formula is C22H34N4O2. The zero-order valence-corrected chi connectivity index (χ0v) is 17.5. The molecule has 1 aromatic rings. The van der Waals surface area contributed by atoms with E-state index >= 15 is 0 Å². The molecule has 1 N–H and O–H groups in total. The maximum atomic E-state index is 11.7. The van der Waals surface area contributed by atoms with Crippen molar-refractivity contribution in [2.75, 3.05) is 40.3 Å². The van der Waals surface area contributed by atoms with Gasteiger partial charge in [0.1, 0.15) is 5.75 Å². The quantitative estimate of drug-likeness (QED) is 0.603. The van der Waals surface area contributed by atoms with Crippen molar-refractivity contribution >= 4 is 11.9 Å². The number of amides is 1. The number of nitrogens with one attached hydrogen (secondary N) is 1. The molecule has 1 aliphatic carbocycles. The zero-order chi connectivity index (χ0) is 19.9. The fourth-order valence-corrected chi connectivity index (χ4v) is 4.18. The molecule has 1 saturated carbocycles. The van der Waals surface area contributed by atoms with E-state index in [9.17, 15) is 4.79 Å². The van der Waals surface area contributed by atoms with E-state index in [1.165, 1.54) is 30.6 Å². The number of likely N-dealkylation sites (N-methyl/N-ethyl adjacent to an activating group) is 1. The summed E-state index contributed by atoms with van der Waals surface area (Å²) in [6.45, 7) is 5.92. The van der Waals surface area contributed by atoms with Crippen LogP contribution < -0.4 is 10.1 Å². The van der Waals surface area contributed by atoms with E-state index in [-0.39, 0.29) is 12.5 Å². The Morgan fingerprint density at radius 3 is 2.61 bits per heavy atom. The van der Waals surface area contributed by atoms with Gasteiger partial charge in [0.25, 0.3) is 5.91 Å². The van der Waals surface area contributed by atoms with Gasteiger partial charge in [-0.15, -0.1) is 0 Å². The van der Waals surface area contributed by atoms with Crippen molar-refractivity contribution in [3.63, 3.8) is 0 Å². The number of fused-ring (bicyclic) bond motifs is 1. The second-order valence-electron chi connectivity index (χ2n) is 8.10. The summed E-state index contributed by atoms with van der Waals surface area (Å²) in [5.74, 6) is 3.35. The molecule has 0 aromatic heterocycles. The highest BCUT2D eigenvalue weighted by Gasteiger charge is 2.35. The van der Waals surface area contributed by atoms with Gasteiger partial charge in [0.05, 0.1) is 6.54 Å². The molecule has 1 amide bonds. The molecule has 1 heterocycles. The molecule has 0 radical (unpaired) electrons. The number of aliphatic imine (C=N–C) groups is 1. The summed E-state index contributed by atoms with van der Waals surface area (Å²) in [7, 11) is 3.46. The van der Waals surface area contributed by atoms with Crippen molar-refractivity contribution in [2.45, 2.75) is 39.2 Å². The van der Waals surface area contributed by atoms with Crippen LogP contribution in [-0.4, -0.2) is 62.0 Å². The molecule has 1 aromatic carbocycles. The van der Waals surface area contributed by atoms with Crippen molar-refractivity contribution in [1.29, 1.82) is 0 Å². The van der Waals surface area contributed by atoms with Crippen LogP contribution in [0.15, 0.2) is 29.3 Å². The standard InChI is InChI=1S/C22H34N4O2/c1-4-23-22(26-14-18-9-5-6-10-19(18)15-26)24-13-17-8-7-11-20(12-17)28-16-21(27)25(2)3/h7-8,11-12,18-19H,4-6,9-10,13-16H2,1-3H3,(H,23,24). The lowest BCUT2D eigenvalue weighted by atomic mass is 9.82. The predicted octanol–water partition coefficient (Wildman–Crippen LogP) is 2.74. The Hall–Kier alpha value is -2.24. The maximum Gasteiger partial charge on any atom is 0.259 e. The average Bonchev–Trinajstić information content (AvgIpc) is 3.13. The Balaban J connectivity index is 1.61. The molecule has 0 bridgehead atoms. The number of carbonyl (C=O) groups excluding carboxylic acids is 1. The highest BCUT2D eigenvalue weighted by molar-refractivity contribution is 5.80. The summed E-state index contributed by atoms with van der Waals surface area (Å²) < 4.78 is 5.62. The Morgan fingerprint density at radius 1 is 1.25 bits per heavy atom. The number of hydrogen-bond acceptors (Lipinski definition) is 3. The lowest BCUT2D eigenvalue weighted by molar-refractivity contribution is -0.130. The fraction of sp³-hybridized carbons (Fsp3) is 0.636. The van der Waals surface area contributed by atoms with Gasteiger partial charge in [0.15, 0.2) is 12.6 Å². The van der Waals surface area contributed by atoms with Crippen LogP contribution in [0.3, 0.4) is 0 Å². The average molecular weight is 387 g/mol. The number of guanidine groups is 1. The number of rotatable bonds is 6. The molecule has 2 unspecified atom stereocenters. The van der Waals surface area contributed by atoms with Crippen LogP contribution in [0.25, 0.3) is 0 Å². The van der Waals surface area contributed by atoms with Gasteiger partial charge < -0.3 is 19.9 Å². The van der Waals surface area contributed by atoms with Crippen LogP contribution in [0.5, 0.6) is 5.75 Å². The van der Waals surface area contributed by atoms with E-state index in [2.05, 4.69) is 23.2 Å². The van der Waals surface area contributed by atoms with Crippen LogP contribution in [-0.2, 0) is 11.3 Å². The van der Waals surface area contributed by atoms with Gasteiger partial charge in [-0.25, -0.2) is 4.99 Å². The largest absolute Gasteiger partial charge is 0.484 e. The van der Waals surface area contributed by atoms with Crippen LogP contribution in [0, 0.1) is 11.8 Å². The molecule has 3 rings (SSSR count). The smallest absolute Gasteiger partial charge is 0.259 e. The van der Waals surface area contributed by atoms with E-state index < -0.39 is 0 Å². The first-order valence-corrected chi connectivity index (χ1v) is 10.5. The molecule has 28 heavy (non-hydrogen) atoms. The Labute approximate surface area is 168 Å². The van der Waals surface area contributed by atoms with Gasteiger partial charge in [-0.2, -0.15) is 0 Å². The molecule has 6 nitrogen and oxygen atoms in total. The van der Waals surface area contributed by atoms with Crippen molar-refractivity contribution in [1.82, 2.24) is 15.1 Å². The topological polar surface area (TPSA) is 57.2 Å². The third kappa shape index (κ3) is 5.40. The highest BCUT2D eigenvalue weighted by atomic mass is 16.5. The van der Waals surface area contributed by atoms with E-state index in [0.717, 1.165) is 43.0 Å². The van der Waals surface area contributed by atoms with Gasteiger partial charge in [-0.1, -0.05) is 25.0 Å². The molecule has 0 spiro atoms. The Bertz CT molecular complexity index is 675. The molecule has 2 fully saturated rings. The minimum atomic E-state index is -0.0478. The SMILES string of the molecule is CCNC(=NCc1cccc(OCC(=O)N(C)C)c1)N1CC2CCCCC2C1. The number of carbonyl (C=O) groups is 1. The summed E-state index contributed by atoms with van der Waals surface area (Å²) in [6, 6.07) is 7.86. The van der Waals surface area contributed by atoms with E-state index in [1.807, 2.05) is 18.2 Å². The maximum absolute atomic E-state index is 11.7. The Kier molecular flexibility index (Phi) is 7.18. The summed E-state index contributed by atoms with van der Waals surface area (Å²) in [5.41, 5.74) is 1.09. The van der Waals surface area contributed by atoms with Crippen molar-refractivity contribution in [3.05, 3.63) is 29.8 Å². The first-order chi connectivity index (χ1) is 13.6. The first-order valence-electron chi connectivity index (χ1n) is 10.5. The third-order valence-corrected chi connectivity index (χ3v) is 5.78. The predicted molar refractivity (Wildman–Crippen MR) is 112 cm³/mol. The number of ether oxygens (including phenoxy) is 1. The summed E-state index contributed by atoms with van der Waals surface area (Å²) in [6.07, 6.45) is 5.49. The lowest BCUT2D eigenvalue weighted by Crippen LogP contribution is -2.40. The van der Waals surface area contributed by atoms with Gasteiger partial charge in [0, 0.05) is 33.7 Å². The monoisotopic (exact) mass is 386 g/mol. The summed E-state index contributed by atoms with van der Waals surface area (Å²) >= 11 is 0. The minimum absolute atomic E-state index is 0.0478. The highest BCUT2D eigenvalue weighted by Crippen LogP contribution is 2.36. The number of benzene rings is 1. The van der Waals surface area contributed by atoms with Crippen LogP contribution in [0.2, 0.25) is 0 Å². The molecule has 2 aliphatic rings. The molecule has 1 aliphatic heterocycles. The van der Waals surface area contributed by atoms with E-state index in [0.29, 0.717) is 12.3 Å². The number of nitrogens with zero attached hydrogens (tertiary/aromatic N) is 3. The molecule has 6 heteroatoms. The Morgan fingerprint density at radius 2 is 1.96 bits per heavy atom. The van der Waals surface area contributed by atoms with Crippen LogP contribution in [0.4, 0.5) is 0 Å². The molecule has 2 atom stereocenters. The molecule has 154 valence electrons. The van der Waals surface area contributed by atoms with Gasteiger partial charge in [-0.05, 0) is 49.3 Å². The second kappa shape index (κ2) is 9.80. The third-order valence-electron chi connectivity index (χ3n) is 5.78. The summed E-state index contributed by atoms with van der Waals surface area (Å²) in [5, 5.41) is 3.47. The first kappa shape index (κ1) is 20.5. The molecule has 1 saturated heterocycles. The van der Waals surface area contributed by atoms with Crippen molar-refractivity contribution < 1.29 is 9.53 Å². The van der Waals surface area contributed by atoms with Gasteiger partial charge >= 0.3 is 0 Å². The van der Waals surface area contributed by atoms with Gasteiger partial charge in [-0.3, -0.25) is 4.79 Å². The van der Waals surface area contributed by atoms with Crippen LogP contribution in [0.1, 0.15) is 38.2 Å². The summed E-state index contributed by atoms with van der Waals surface area (Å²) in [4.78, 5) is 20.6. The lowest BCUT2D eigenvalue weighted by Gasteiger charge is -2.22. The van der Waals surface area contributed by atoms with Gasteiger partial charge in [0.2, 0.25) is 0 Å². The van der Waals surface area contributed by atoms with E-state index in [4.69, 9.17) is 9.73 Å². The zero-order valence-electron chi connectivity index (χ0n) is 17.5. The number of hydrogen-bond donors (Lipinski definition) is 1. The van der Waals surface area contributed by atoms with Crippen LogP contribution >= 0.6 is 0 Å². The number of likely N-dealkylation sites (tertiary alicyclic amines) is 1.